The summed E-state index contributed by atoms with van der Waals surface area (Å²) in [5.74, 6) is 0. The van der Waals surface area contributed by atoms with Crippen molar-refractivity contribution in [1.29, 1.82) is 0 Å². The first-order valence-electron chi connectivity index (χ1n) is 0.378. The van der Waals surface area contributed by atoms with Gasteiger partial charge in [0.05, 0.1) is 0 Å². The third kappa shape index (κ3) is 9.36. The van der Waals surface area contributed by atoms with Gasteiger partial charge in [0.15, 0.2) is 0 Å². The fourth-order valence-electron chi connectivity index (χ4n) is 0. The predicted molar refractivity (Wildman–Crippen MR) is 23.0 cm³/mol. The summed E-state index contributed by atoms with van der Waals surface area (Å²) in [5, 5.41) is 0. The molecule has 0 saturated carbocycles. The molecule has 0 aliphatic heterocycles. The molecule has 0 aromatic heterocycles. The Hall–Kier alpha value is 1.68. The molecule has 0 aliphatic rings. The molecule has 4 heteroatoms. The Morgan fingerprint density at radius 1 is 1.25 bits per heavy atom. The largest absolute Gasteiger partial charge is 0.0149 e. The van der Waals surface area contributed by atoms with Gasteiger partial charge in [0.25, 0.3) is 0 Å². The Kier molecular flexibility index (Phi) is 20.3. The van der Waals surface area contributed by atoms with Crippen LogP contribution >= 0.6 is 17.0 Å². The molecule has 0 aliphatic carbocycles. The van der Waals surface area contributed by atoms with Crippen LogP contribution in [0.3, 0.4) is 0 Å². The summed E-state index contributed by atoms with van der Waals surface area (Å²) < 4.78 is 0. The van der Waals surface area contributed by atoms with E-state index >= 15 is 0 Å². The first kappa shape index (κ1) is 9.19. The van der Waals surface area contributed by atoms with Crippen molar-refractivity contribution in [2.45, 2.75) is 0 Å². The average molecular weight is 194 g/mol. The minimum absolute atomic E-state index is 0. The molecular formula is H4Cl2SiZr. The number of hydrogen-bond acceptors (Lipinski definition) is 0. The average Bonchev–Trinajstić information content (AvgIpc) is 0.918. The fraction of sp³-hybridized carbons (Fsp3) is 0. The molecule has 0 heterocycles. The Morgan fingerprint density at radius 3 is 1.25 bits per heavy atom. The van der Waals surface area contributed by atoms with E-state index in [0.29, 0.717) is 0 Å². The molecule has 0 N–H and O–H groups in total. The van der Waals surface area contributed by atoms with Gasteiger partial charge < -0.3 is 0 Å². The third-order valence-electron chi connectivity index (χ3n) is 0. The zero-order valence-electron chi connectivity index (χ0n) is 1.26. The van der Waals surface area contributed by atoms with Crippen molar-refractivity contribution in [3.05, 3.63) is 0 Å². The van der Waals surface area contributed by atoms with Gasteiger partial charge in [-0.05, 0) is 11.0 Å². The molecule has 0 spiro atoms. The molecular weight excluding hydrogens is 190 g/mol. The van der Waals surface area contributed by atoms with Crippen LogP contribution in [-0.2, 0) is 20.8 Å². The van der Waals surface area contributed by atoms with E-state index in [1.165, 1.54) is 0 Å². The van der Waals surface area contributed by atoms with E-state index in [1.54, 1.807) is 0 Å². The maximum atomic E-state index is 4.93. The number of rotatable bonds is 0. The molecule has 26 valence electrons. The second kappa shape index (κ2) is 8.82. The minimum Gasteiger partial charge on any atom is -0.0149 e. The first-order valence-corrected chi connectivity index (χ1v) is 6.71. The van der Waals surface area contributed by atoms with Crippen LogP contribution in [0, 0.1) is 0 Å². The van der Waals surface area contributed by atoms with Crippen LogP contribution in [0.2, 0.25) is 0 Å². The third-order valence-corrected chi connectivity index (χ3v) is 0. The summed E-state index contributed by atoms with van der Waals surface area (Å²) in [6.45, 7) is 0. The molecule has 4 heavy (non-hydrogen) atoms. The van der Waals surface area contributed by atoms with Gasteiger partial charge in [0.1, 0.15) is 0 Å². The van der Waals surface area contributed by atoms with Crippen molar-refractivity contribution in [3.8, 4) is 0 Å². The van der Waals surface area contributed by atoms with Crippen molar-refractivity contribution in [2.75, 3.05) is 0 Å². The summed E-state index contributed by atoms with van der Waals surface area (Å²) in [6.07, 6.45) is 0. The molecule has 0 aromatic carbocycles. The van der Waals surface area contributed by atoms with Crippen LogP contribution in [0.15, 0.2) is 0 Å². The Bertz CT molecular complexity index is 6.00. The van der Waals surface area contributed by atoms with Crippen LogP contribution in [0.25, 0.3) is 0 Å². The summed E-state index contributed by atoms with van der Waals surface area (Å²) >= 11 is -0.826. The van der Waals surface area contributed by atoms with Crippen LogP contribution in [0.4, 0.5) is 0 Å². The molecule has 0 aromatic rings. The topological polar surface area (TPSA) is 0 Å². The first-order chi connectivity index (χ1) is 1.41. The van der Waals surface area contributed by atoms with Gasteiger partial charge >= 0.3 is 37.9 Å². The van der Waals surface area contributed by atoms with Gasteiger partial charge in [-0.2, -0.15) is 0 Å². The van der Waals surface area contributed by atoms with Crippen LogP contribution < -0.4 is 0 Å². The molecule has 0 unspecified atom stereocenters. The van der Waals surface area contributed by atoms with Crippen LogP contribution in [-0.4, -0.2) is 11.0 Å². The van der Waals surface area contributed by atoms with E-state index < -0.39 is 20.8 Å². The zero-order valence-corrected chi connectivity index (χ0v) is 5.23. The van der Waals surface area contributed by atoms with E-state index in [2.05, 4.69) is 0 Å². The molecule has 0 amide bonds. The quantitative estimate of drug-likeness (QED) is 0.473. The molecule has 0 bridgehead atoms. The summed E-state index contributed by atoms with van der Waals surface area (Å²) in [4.78, 5) is 0. The smallest absolute Gasteiger partial charge is 0.0149 e. The van der Waals surface area contributed by atoms with Gasteiger partial charge in [0.2, 0.25) is 0 Å². The van der Waals surface area contributed by atoms with Gasteiger partial charge in [-0.15, -0.1) is 0 Å². The van der Waals surface area contributed by atoms with Gasteiger partial charge in [-0.3, -0.25) is 0 Å². The maximum Gasteiger partial charge on any atom is -0.0149 e. The van der Waals surface area contributed by atoms with Gasteiger partial charge in [0, 0.05) is 0 Å². The van der Waals surface area contributed by atoms with Crippen LogP contribution in [0.5, 0.6) is 0 Å². The Balaban J connectivity index is 0. The second-order valence-corrected chi connectivity index (χ2v) is 3.80. The van der Waals surface area contributed by atoms with Crippen LogP contribution in [0.1, 0.15) is 0 Å². The van der Waals surface area contributed by atoms with Crippen molar-refractivity contribution >= 4 is 28.0 Å². The number of halogens is 2. The predicted octanol–water partition coefficient (Wildman–Crippen LogP) is -0.0751. The molecule has 0 saturated heterocycles. The normalized spacial score (nSPS) is 3.50. The van der Waals surface area contributed by atoms with Crippen molar-refractivity contribution < 1.29 is 20.8 Å². The van der Waals surface area contributed by atoms with Crippen molar-refractivity contribution in [2.24, 2.45) is 0 Å². The second-order valence-electron chi connectivity index (χ2n) is 0.0714. The van der Waals surface area contributed by atoms with E-state index in [1.807, 2.05) is 0 Å². The summed E-state index contributed by atoms with van der Waals surface area (Å²) in [5.41, 5.74) is 0. The Morgan fingerprint density at radius 2 is 1.25 bits per heavy atom. The molecule has 0 fully saturated rings. The standard InChI is InChI=1S/2ClH.H4Si.Zr/h2*1H;1H4;/q;;;+2/p-2. The molecule has 0 nitrogen and oxygen atoms in total. The number of hydrogen-bond donors (Lipinski definition) is 0. The monoisotopic (exact) mass is 192 g/mol. The van der Waals surface area contributed by atoms with E-state index in [4.69, 9.17) is 17.0 Å². The zero-order chi connectivity index (χ0) is 2.71. The van der Waals surface area contributed by atoms with E-state index in [-0.39, 0.29) is 11.0 Å². The van der Waals surface area contributed by atoms with Gasteiger partial charge in [-0.1, -0.05) is 0 Å². The maximum absolute atomic E-state index is 4.93. The molecule has 0 radical (unpaired) electrons. The Labute approximate surface area is 48.6 Å². The summed E-state index contributed by atoms with van der Waals surface area (Å²) in [7, 11) is 9.87. The van der Waals surface area contributed by atoms with Crippen molar-refractivity contribution in [3.63, 3.8) is 0 Å². The summed E-state index contributed by atoms with van der Waals surface area (Å²) in [6, 6.07) is 0. The van der Waals surface area contributed by atoms with Crippen molar-refractivity contribution in [1.82, 2.24) is 0 Å². The van der Waals surface area contributed by atoms with E-state index in [0.717, 1.165) is 0 Å². The molecule has 0 rings (SSSR count). The minimum atomic E-state index is -0.826. The molecule has 0 atom stereocenters. The van der Waals surface area contributed by atoms with E-state index in [9.17, 15) is 0 Å². The fourth-order valence-corrected chi connectivity index (χ4v) is 0. The van der Waals surface area contributed by atoms with Gasteiger partial charge in [-0.25, -0.2) is 0 Å². The SMILES string of the molecule is [Cl][Zr][Cl].[SiH4].